The largest absolute Gasteiger partial charge is 0.508 e. The number of benzene rings is 1. The fraction of sp³-hybridized carbons (Fsp3) is 0.429. The molecule has 0 saturated heterocycles. The summed E-state index contributed by atoms with van der Waals surface area (Å²) in [6.45, 7) is 0. The van der Waals surface area contributed by atoms with Crippen LogP contribution in [0.3, 0.4) is 0 Å². The van der Waals surface area contributed by atoms with Gasteiger partial charge >= 0.3 is 0 Å². The Morgan fingerprint density at radius 1 is 1.21 bits per heavy atom. The first-order chi connectivity index (χ1) is 9.24. The average Bonchev–Trinajstić information content (AvgIpc) is 2.92. The summed E-state index contributed by atoms with van der Waals surface area (Å²) in [4.78, 5) is 4.43. The number of nitrogens with zero attached hydrogens (tertiary/aromatic N) is 2. The molecular formula is C14H15ClN2O2. The number of rotatable bonds is 2. The number of phenolic OH excluding ortho intramolecular Hbond substituents is 1. The summed E-state index contributed by atoms with van der Waals surface area (Å²) in [7, 11) is 0. The lowest BCUT2D eigenvalue weighted by molar-refractivity contribution is 0.385. The molecule has 0 radical (unpaired) electrons. The fourth-order valence-electron chi connectivity index (χ4n) is 2.55. The highest BCUT2D eigenvalue weighted by atomic mass is 35.5. The maximum absolute atomic E-state index is 9.51. The highest BCUT2D eigenvalue weighted by Gasteiger charge is 2.22. The van der Waals surface area contributed by atoms with Crippen molar-refractivity contribution in [2.24, 2.45) is 0 Å². The standard InChI is InChI=1S/C14H15ClN2O2/c15-12-7-6-10(18)8-11(12)14-16-13(17-19-14)9-4-2-1-3-5-9/h6-9,18H,1-5H2. The smallest absolute Gasteiger partial charge is 0.259 e. The van der Waals surface area contributed by atoms with Crippen molar-refractivity contribution in [3.05, 3.63) is 29.0 Å². The molecule has 1 heterocycles. The van der Waals surface area contributed by atoms with E-state index < -0.39 is 0 Å². The Morgan fingerprint density at radius 2 is 2.00 bits per heavy atom. The second-order valence-electron chi connectivity index (χ2n) is 4.96. The van der Waals surface area contributed by atoms with Crippen LogP contribution < -0.4 is 0 Å². The molecule has 0 spiro atoms. The van der Waals surface area contributed by atoms with Gasteiger partial charge in [0.15, 0.2) is 5.82 Å². The Labute approximate surface area is 116 Å². The zero-order valence-electron chi connectivity index (χ0n) is 10.5. The topological polar surface area (TPSA) is 59.2 Å². The molecule has 2 aromatic rings. The summed E-state index contributed by atoms with van der Waals surface area (Å²) in [5.41, 5.74) is 0.580. The van der Waals surface area contributed by atoms with Crippen LogP contribution in [0.1, 0.15) is 43.8 Å². The van der Waals surface area contributed by atoms with E-state index in [1.165, 1.54) is 25.3 Å². The molecule has 0 unspecified atom stereocenters. The number of hydrogen-bond donors (Lipinski definition) is 1. The van der Waals surface area contributed by atoms with Gasteiger partial charge in [-0.25, -0.2) is 0 Å². The van der Waals surface area contributed by atoms with Gasteiger partial charge < -0.3 is 9.63 Å². The number of aromatic nitrogens is 2. The van der Waals surface area contributed by atoms with Crippen molar-refractivity contribution in [2.45, 2.75) is 38.0 Å². The lowest BCUT2D eigenvalue weighted by atomic mass is 9.89. The fourth-order valence-corrected chi connectivity index (χ4v) is 2.75. The van der Waals surface area contributed by atoms with E-state index in [0.717, 1.165) is 18.7 Å². The molecule has 0 aliphatic heterocycles. The third-order valence-corrected chi connectivity index (χ3v) is 3.92. The lowest BCUT2D eigenvalue weighted by Crippen LogP contribution is -2.06. The van der Waals surface area contributed by atoms with Gasteiger partial charge in [-0.1, -0.05) is 36.0 Å². The summed E-state index contributed by atoms with van der Waals surface area (Å²) in [5.74, 6) is 1.66. The number of phenols is 1. The minimum Gasteiger partial charge on any atom is -0.508 e. The van der Waals surface area contributed by atoms with Gasteiger partial charge in [-0.15, -0.1) is 0 Å². The molecule has 0 atom stereocenters. The zero-order chi connectivity index (χ0) is 13.2. The Hall–Kier alpha value is -1.55. The number of hydrogen-bond acceptors (Lipinski definition) is 4. The van der Waals surface area contributed by atoms with Gasteiger partial charge in [0.2, 0.25) is 0 Å². The van der Waals surface area contributed by atoms with Crippen LogP contribution in [0.2, 0.25) is 5.02 Å². The van der Waals surface area contributed by atoms with Gasteiger partial charge in [0.05, 0.1) is 10.6 Å². The first kappa shape index (κ1) is 12.5. The quantitative estimate of drug-likeness (QED) is 0.897. The Kier molecular flexibility index (Phi) is 3.42. The molecule has 1 aliphatic carbocycles. The number of aromatic hydroxyl groups is 1. The van der Waals surface area contributed by atoms with Crippen LogP contribution in [-0.4, -0.2) is 15.2 Å². The minimum atomic E-state index is 0.136. The van der Waals surface area contributed by atoms with Crippen LogP contribution in [0.15, 0.2) is 22.7 Å². The Morgan fingerprint density at radius 3 is 2.79 bits per heavy atom. The first-order valence-electron chi connectivity index (χ1n) is 6.56. The predicted octanol–water partition coefficient (Wildman–Crippen LogP) is 4.14. The molecule has 1 saturated carbocycles. The van der Waals surface area contributed by atoms with Crippen molar-refractivity contribution in [1.82, 2.24) is 10.1 Å². The third kappa shape index (κ3) is 2.59. The average molecular weight is 279 g/mol. The van der Waals surface area contributed by atoms with Crippen LogP contribution in [0, 0.1) is 0 Å². The van der Waals surface area contributed by atoms with E-state index in [2.05, 4.69) is 10.1 Å². The van der Waals surface area contributed by atoms with E-state index in [0.29, 0.717) is 22.4 Å². The molecule has 3 rings (SSSR count). The van der Waals surface area contributed by atoms with E-state index in [-0.39, 0.29) is 5.75 Å². The van der Waals surface area contributed by atoms with Crippen molar-refractivity contribution in [3.8, 4) is 17.2 Å². The van der Waals surface area contributed by atoms with E-state index in [1.807, 2.05) is 0 Å². The normalized spacial score (nSPS) is 16.7. The highest BCUT2D eigenvalue weighted by molar-refractivity contribution is 6.33. The molecule has 1 N–H and O–H groups in total. The van der Waals surface area contributed by atoms with Gasteiger partial charge in [0, 0.05) is 5.92 Å². The second kappa shape index (κ2) is 5.21. The molecule has 1 aromatic heterocycles. The van der Waals surface area contributed by atoms with Crippen molar-refractivity contribution in [3.63, 3.8) is 0 Å². The molecule has 0 amide bonds. The molecule has 1 aliphatic rings. The highest BCUT2D eigenvalue weighted by Crippen LogP contribution is 2.34. The Bertz CT molecular complexity index is 577. The predicted molar refractivity (Wildman–Crippen MR) is 72.2 cm³/mol. The lowest BCUT2D eigenvalue weighted by Gasteiger charge is -2.17. The summed E-state index contributed by atoms with van der Waals surface area (Å²) >= 11 is 6.09. The summed E-state index contributed by atoms with van der Waals surface area (Å²) in [6.07, 6.45) is 5.97. The molecule has 0 bridgehead atoms. The van der Waals surface area contributed by atoms with Crippen LogP contribution in [0.4, 0.5) is 0 Å². The van der Waals surface area contributed by atoms with Crippen LogP contribution >= 0.6 is 11.6 Å². The SMILES string of the molecule is Oc1ccc(Cl)c(-c2nc(C3CCCCC3)no2)c1. The van der Waals surface area contributed by atoms with Crippen LogP contribution in [0.5, 0.6) is 5.75 Å². The van der Waals surface area contributed by atoms with Crippen molar-refractivity contribution < 1.29 is 9.63 Å². The molecule has 19 heavy (non-hydrogen) atoms. The van der Waals surface area contributed by atoms with Crippen molar-refractivity contribution in [2.75, 3.05) is 0 Å². The monoisotopic (exact) mass is 278 g/mol. The molecule has 4 nitrogen and oxygen atoms in total. The summed E-state index contributed by atoms with van der Waals surface area (Å²) in [6, 6.07) is 4.70. The van der Waals surface area contributed by atoms with Gasteiger partial charge in [-0.05, 0) is 31.0 Å². The van der Waals surface area contributed by atoms with Gasteiger partial charge in [0.1, 0.15) is 5.75 Å². The van der Waals surface area contributed by atoms with E-state index >= 15 is 0 Å². The van der Waals surface area contributed by atoms with Crippen molar-refractivity contribution in [1.29, 1.82) is 0 Å². The van der Waals surface area contributed by atoms with Gasteiger partial charge in [0.25, 0.3) is 5.89 Å². The summed E-state index contributed by atoms with van der Waals surface area (Å²) in [5, 5.41) is 14.1. The molecule has 1 fully saturated rings. The molecule has 100 valence electrons. The second-order valence-corrected chi connectivity index (χ2v) is 5.36. The Balaban J connectivity index is 1.89. The van der Waals surface area contributed by atoms with Crippen LogP contribution in [-0.2, 0) is 0 Å². The first-order valence-corrected chi connectivity index (χ1v) is 6.94. The molecule has 1 aromatic carbocycles. The minimum absolute atomic E-state index is 0.136. The van der Waals surface area contributed by atoms with Crippen LogP contribution in [0.25, 0.3) is 11.5 Å². The maximum atomic E-state index is 9.51. The van der Waals surface area contributed by atoms with E-state index in [9.17, 15) is 5.11 Å². The number of halogens is 1. The molecular weight excluding hydrogens is 264 g/mol. The zero-order valence-corrected chi connectivity index (χ0v) is 11.2. The van der Waals surface area contributed by atoms with E-state index in [4.69, 9.17) is 16.1 Å². The molecule has 5 heteroatoms. The third-order valence-electron chi connectivity index (χ3n) is 3.59. The van der Waals surface area contributed by atoms with Gasteiger partial charge in [-0.2, -0.15) is 4.98 Å². The van der Waals surface area contributed by atoms with E-state index in [1.54, 1.807) is 12.1 Å². The van der Waals surface area contributed by atoms with Crippen molar-refractivity contribution >= 4 is 11.6 Å². The van der Waals surface area contributed by atoms with Gasteiger partial charge in [-0.3, -0.25) is 0 Å². The summed E-state index contributed by atoms with van der Waals surface area (Å²) < 4.78 is 5.28. The maximum Gasteiger partial charge on any atom is 0.259 e.